The molecule has 1 fully saturated rings. The molecule has 0 saturated carbocycles. The number of nitro groups is 1. The number of hydrogen-bond donors (Lipinski definition) is 0. The van der Waals surface area contributed by atoms with Crippen molar-refractivity contribution in [2.45, 2.75) is 25.5 Å². The van der Waals surface area contributed by atoms with Crippen LogP contribution in [0.3, 0.4) is 0 Å². The molecule has 26 heavy (non-hydrogen) atoms. The van der Waals surface area contributed by atoms with Gasteiger partial charge in [-0.2, -0.15) is 4.98 Å². The Morgan fingerprint density at radius 1 is 1.27 bits per heavy atom. The summed E-state index contributed by atoms with van der Waals surface area (Å²) in [4.78, 5) is 23.6. The minimum atomic E-state index is -0.541. The van der Waals surface area contributed by atoms with Crippen molar-refractivity contribution in [1.29, 1.82) is 0 Å². The summed E-state index contributed by atoms with van der Waals surface area (Å²) >= 11 is 12.0. The van der Waals surface area contributed by atoms with E-state index in [1.54, 1.807) is 12.4 Å². The molecule has 0 radical (unpaired) electrons. The van der Waals surface area contributed by atoms with Crippen molar-refractivity contribution in [1.82, 2.24) is 19.5 Å². The topological polar surface area (TPSA) is 96.0 Å². The highest BCUT2D eigenvalue weighted by molar-refractivity contribution is 6.32. The number of nitro benzene ring substituents is 1. The van der Waals surface area contributed by atoms with Gasteiger partial charge in [-0.1, -0.05) is 17.7 Å². The Labute approximate surface area is 157 Å². The van der Waals surface area contributed by atoms with Crippen LogP contribution in [-0.4, -0.2) is 31.0 Å². The lowest BCUT2D eigenvalue weighted by Crippen LogP contribution is -2.17. The summed E-state index contributed by atoms with van der Waals surface area (Å²) < 4.78 is 7.62. The van der Waals surface area contributed by atoms with Crippen molar-refractivity contribution in [3.63, 3.8) is 0 Å². The van der Waals surface area contributed by atoms with Gasteiger partial charge in [0.2, 0.25) is 5.28 Å². The molecule has 3 heterocycles. The van der Waals surface area contributed by atoms with Gasteiger partial charge >= 0.3 is 0 Å². The molecule has 0 spiro atoms. The Hall–Kier alpha value is -2.29. The van der Waals surface area contributed by atoms with Gasteiger partial charge in [0, 0.05) is 18.2 Å². The van der Waals surface area contributed by atoms with E-state index in [9.17, 15) is 10.1 Å². The first kappa shape index (κ1) is 17.1. The molecule has 134 valence electrons. The lowest BCUT2D eigenvalue weighted by Gasteiger charge is -2.23. The van der Waals surface area contributed by atoms with E-state index in [1.165, 1.54) is 12.1 Å². The Bertz CT molecular complexity index is 1000. The van der Waals surface area contributed by atoms with Crippen LogP contribution in [0.5, 0.6) is 0 Å². The number of fused-ring (bicyclic) bond motifs is 1. The van der Waals surface area contributed by atoms with E-state index in [2.05, 4.69) is 15.0 Å². The van der Waals surface area contributed by atoms with Crippen LogP contribution in [0.1, 0.15) is 25.5 Å². The highest BCUT2D eigenvalue weighted by Crippen LogP contribution is 2.34. The minimum absolute atomic E-state index is 0.0302. The van der Waals surface area contributed by atoms with Gasteiger partial charge in [0.15, 0.2) is 5.65 Å². The van der Waals surface area contributed by atoms with E-state index in [0.29, 0.717) is 29.0 Å². The van der Waals surface area contributed by atoms with E-state index in [4.69, 9.17) is 27.9 Å². The number of hydrogen-bond acceptors (Lipinski definition) is 6. The predicted octanol–water partition coefficient (Wildman–Crippen LogP) is 4.41. The molecule has 2 aromatic heterocycles. The molecule has 3 aromatic rings. The van der Waals surface area contributed by atoms with Crippen molar-refractivity contribution in [2.75, 3.05) is 6.61 Å². The third-order valence-electron chi connectivity index (χ3n) is 4.28. The zero-order valence-electron chi connectivity index (χ0n) is 13.4. The van der Waals surface area contributed by atoms with Gasteiger partial charge in [-0.05, 0) is 36.9 Å². The van der Waals surface area contributed by atoms with Gasteiger partial charge in [-0.3, -0.25) is 14.7 Å². The fourth-order valence-electron chi connectivity index (χ4n) is 3.04. The van der Waals surface area contributed by atoms with Gasteiger partial charge in [-0.25, -0.2) is 9.97 Å². The van der Waals surface area contributed by atoms with E-state index in [1.807, 2.05) is 4.57 Å². The van der Waals surface area contributed by atoms with Crippen molar-refractivity contribution in [3.8, 4) is 11.3 Å². The van der Waals surface area contributed by atoms with E-state index in [0.717, 1.165) is 19.3 Å². The van der Waals surface area contributed by atoms with Crippen molar-refractivity contribution in [2.24, 2.45) is 0 Å². The van der Waals surface area contributed by atoms with E-state index >= 15 is 0 Å². The number of ether oxygens (including phenoxy) is 1. The molecule has 10 heteroatoms. The van der Waals surface area contributed by atoms with Crippen LogP contribution in [0, 0.1) is 10.1 Å². The standard InChI is InChI=1S/C16H13Cl2N5O3/c17-10-5-4-9(7-11(10)23(24)25)13-14-15(21-16(18)20-13)22(8-19-14)12-3-1-2-6-26-12/h4-5,7-8,12H,1-3,6H2. The highest BCUT2D eigenvalue weighted by atomic mass is 35.5. The van der Waals surface area contributed by atoms with E-state index < -0.39 is 4.92 Å². The maximum Gasteiger partial charge on any atom is 0.288 e. The molecule has 1 atom stereocenters. The third kappa shape index (κ3) is 3.00. The molecule has 0 N–H and O–H groups in total. The van der Waals surface area contributed by atoms with E-state index in [-0.39, 0.29) is 22.2 Å². The summed E-state index contributed by atoms with van der Waals surface area (Å²) in [5.74, 6) is 0. The number of aromatic nitrogens is 4. The first-order valence-corrected chi connectivity index (χ1v) is 8.76. The maximum absolute atomic E-state index is 11.2. The maximum atomic E-state index is 11.2. The third-order valence-corrected chi connectivity index (χ3v) is 4.76. The lowest BCUT2D eigenvalue weighted by atomic mass is 10.1. The number of rotatable bonds is 3. The zero-order valence-corrected chi connectivity index (χ0v) is 14.9. The quantitative estimate of drug-likeness (QED) is 0.371. The first-order valence-electron chi connectivity index (χ1n) is 8.00. The Balaban J connectivity index is 1.87. The molecule has 1 aromatic carbocycles. The molecule has 1 saturated heterocycles. The van der Waals surface area contributed by atoms with Gasteiger partial charge in [0.05, 0.1) is 11.3 Å². The fraction of sp³-hybridized carbons (Fsp3) is 0.312. The summed E-state index contributed by atoms with van der Waals surface area (Å²) in [6.07, 6.45) is 4.42. The van der Waals surface area contributed by atoms with Crippen LogP contribution in [0.15, 0.2) is 24.5 Å². The van der Waals surface area contributed by atoms with Crippen LogP contribution in [0.4, 0.5) is 5.69 Å². The molecular weight excluding hydrogens is 381 g/mol. The average Bonchev–Trinajstić information content (AvgIpc) is 3.05. The summed E-state index contributed by atoms with van der Waals surface area (Å²) in [5.41, 5.74) is 1.73. The first-order chi connectivity index (χ1) is 12.5. The smallest absolute Gasteiger partial charge is 0.288 e. The summed E-state index contributed by atoms with van der Waals surface area (Å²) in [7, 11) is 0. The van der Waals surface area contributed by atoms with Crippen molar-refractivity contribution < 1.29 is 9.66 Å². The summed E-state index contributed by atoms with van der Waals surface area (Å²) in [5, 5.41) is 11.3. The molecule has 1 unspecified atom stereocenters. The van der Waals surface area contributed by atoms with Gasteiger partial charge < -0.3 is 4.74 Å². The minimum Gasteiger partial charge on any atom is -0.358 e. The number of halogens is 2. The second-order valence-corrected chi connectivity index (χ2v) is 6.66. The monoisotopic (exact) mass is 393 g/mol. The average molecular weight is 394 g/mol. The summed E-state index contributed by atoms with van der Waals surface area (Å²) in [6, 6.07) is 4.46. The molecule has 4 rings (SSSR count). The molecular formula is C16H13Cl2N5O3. The molecule has 0 amide bonds. The van der Waals surface area contributed by atoms with Crippen LogP contribution < -0.4 is 0 Å². The van der Waals surface area contributed by atoms with Crippen molar-refractivity contribution >= 4 is 40.1 Å². The largest absolute Gasteiger partial charge is 0.358 e. The summed E-state index contributed by atoms with van der Waals surface area (Å²) in [6.45, 7) is 0.680. The second kappa shape index (κ2) is 6.79. The zero-order chi connectivity index (χ0) is 18.3. The molecule has 0 bridgehead atoms. The SMILES string of the molecule is O=[N+]([O-])c1cc(-c2nc(Cl)nc3c2ncn3C2CCCCO2)ccc1Cl. The molecule has 8 nitrogen and oxygen atoms in total. The number of nitrogens with zero attached hydrogens (tertiary/aromatic N) is 5. The Morgan fingerprint density at radius 3 is 2.85 bits per heavy atom. The van der Waals surface area contributed by atoms with Crippen LogP contribution >= 0.6 is 23.2 Å². The Morgan fingerprint density at radius 2 is 2.12 bits per heavy atom. The van der Waals surface area contributed by atoms with Gasteiger partial charge in [-0.15, -0.1) is 0 Å². The molecule has 0 aliphatic carbocycles. The number of imidazole rings is 1. The second-order valence-electron chi connectivity index (χ2n) is 5.91. The Kier molecular flexibility index (Phi) is 4.47. The van der Waals surface area contributed by atoms with Gasteiger partial charge in [0.25, 0.3) is 5.69 Å². The lowest BCUT2D eigenvalue weighted by molar-refractivity contribution is -0.384. The molecule has 1 aliphatic rings. The highest BCUT2D eigenvalue weighted by Gasteiger charge is 2.23. The molecule has 1 aliphatic heterocycles. The van der Waals surface area contributed by atoms with Crippen LogP contribution in [0.25, 0.3) is 22.4 Å². The normalized spacial score (nSPS) is 17.5. The van der Waals surface area contributed by atoms with Crippen LogP contribution in [0.2, 0.25) is 10.3 Å². The predicted molar refractivity (Wildman–Crippen MR) is 96.3 cm³/mol. The van der Waals surface area contributed by atoms with Gasteiger partial charge in [0.1, 0.15) is 22.5 Å². The number of benzene rings is 1. The van der Waals surface area contributed by atoms with Crippen molar-refractivity contribution in [3.05, 3.63) is 44.9 Å². The fourth-order valence-corrected chi connectivity index (χ4v) is 3.40. The van der Waals surface area contributed by atoms with Crippen LogP contribution in [-0.2, 0) is 4.74 Å².